The minimum absolute atomic E-state index is 0.0561. The molecule has 1 aromatic rings. The van der Waals surface area contributed by atoms with Gasteiger partial charge in [-0.1, -0.05) is 25.1 Å². The Balaban J connectivity index is 2.25. The minimum Gasteiger partial charge on any atom is -0.496 e. The molecule has 22 heavy (non-hydrogen) atoms. The highest BCUT2D eigenvalue weighted by Gasteiger charge is 2.07. The van der Waals surface area contributed by atoms with Crippen LogP contribution in [0.1, 0.15) is 32.3 Å². The Bertz CT molecular complexity index is 491. The van der Waals surface area contributed by atoms with Crippen molar-refractivity contribution in [3.8, 4) is 5.75 Å². The summed E-state index contributed by atoms with van der Waals surface area (Å²) < 4.78 is 5.21. The number of methoxy groups -OCH3 is 1. The van der Waals surface area contributed by atoms with Crippen LogP contribution >= 0.6 is 0 Å². The Morgan fingerprint density at radius 3 is 2.64 bits per heavy atom. The third kappa shape index (κ3) is 6.47. The fourth-order valence-electron chi connectivity index (χ4n) is 1.83. The van der Waals surface area contributed by atoms with Crippen molar-refractivity contribution in [2.45, 2.75) is 39.3 Å². The predicted molar refractivity (Wildman–Crippen MR) is 85.7 cm³/mol. The number of carbonyl (C=O) groups is 2. The lowest BCUT2D eigenvalue weighted by atomic mass is 10.2. The molecule has 0 bridgehead atoms. The van der Waals surface area contributed by atoms with Crippen LogP contribution in [0, 0.1) is 0 Å². The first kappa shape index (κ1) is 17.8. The van der Waals surface area contributed by atoms with Gasteiger partial charge in [-0.2, -0.15) is 0 Å². The molecular weight excluding hydrogens is 282 g/mol. The Hall–Kier alpha value is -2.24. The summed E-state index contributed by atoms with van der Waals surface area (Å²) >= 11 is 0. The van der Waals surface area contributed by atoms with E-state index >= 15 is 0 Å². The molecule has 6 heteroatoms. The average Bonchev–Trinajstić information content (AvgIpc) is 2.52. The SMILES string of the molecule is CC[C@H](C)NC(=O)CCNC(=O)NCc1ccccc1OC. The molecule has 6 nitrogen and oxygen atoms in total. The van der Waals surface area contributed by atoms with Gasteiger partial charge in [0.15, 0.2) is 0 Å². The maximum Gasteiger partial charge on any atom is 0.315 e. The van der Waals surface area contributed by atoms with Gasteiger partial charge in [-0.25, -0.2) is 4.79 Å². The maximum atomic E-state index is 11.7. The van der Waals surface area contributed by atoms with Crippen LogP contribution in [0.25, 0.3) is 0 Å². The quantitative estimate of drug-likeness (QED) is 0.685. The second-order valence-electron chi connectivity index (χ2n) is 5.05. The highest BCUT2D eigenvalue weighted by Crippen LogP contribution is 2.16. The van der Waals surface area contributed by atoms with Crippen molar-refractivity contribution < 1.29 is 14.3 Å². The minimum atomic E-state index is -0.303. The van der Waals surface area contributed by atoms with Crippen molar-refractivity contribution in [3.63, 3.8) is 0 Å². The number of nitrogens with one attached hydrogen (secondary N) is 3. The van der Waals surface area contributed by atoms with E-state index in [0.29, 0.717) is 13.1 Å². The molecular formula is C16H25N3O3. The number of hydrogen-bond donors (Lipinski definition) is 3. The van der Waals surface area contributed by atoms with Crippen LogP contribution in [0.2, 0.25) is 0 Å². The molecule has 1 aromatic carbocycles. The normalized spacial score (nSPS) is 11.4. The first-order valence-corrected chi connectivity index (χ1v) is 7.49. The summed E-state index contributed by atoms with van der Waals surface area (Å²) in [6.07, 6.45) is 1.16. The summed E-state index contributed by atoms with van der Waals surface area (Å²) in [5, 5.41) is 8.25. The molecule has 0 aliphatic heterocycles. The fraction of sp³-hybridized carbons (Fsp3) is 0.500. The van der Waals surface area contributed by atoms with Gasteiger partial charge in [0.1, 0.15) is 5.75 Å². The standard InChI is InChI=1S/C16H25N3O3/c1-4-12(2)19-15(20)9-10-17-16(21)18-11-13-7-5-6-8-14(13)22-3/h5-8,12H,4,9-11H2,1-3H3,(H,19,20)(H2,17,18,21)/t12-/m0/s1. The maximum absolute atomic E-state index is 11.7. The molecule has 0 aliphatic carbocycles. The zero-order valence-corrected chi connectivity index (χ0v) is 13.4. The van der Waals surface area contributed by atoms with Crippen LogP contribution in [0.3, 0.4) is 0 Å². The molecule has 0 fully saturated rings. The molecule has 0 saturated carbocycles. The van der Waals surface area contributed by atoms with E-state index in [0.717, 1.165) is 17.7 Å². The van der Waals surface area contributed by atoms with Gasteiger partial charge in [-0.15, -0.1) is 0 Å². The number of ether oxygens (including phenoxy) is 1. The Labute approximate surface area is 131 Å². The summed E-state index contributed by atoms with van der Waals surface area (Å²) in [6, 6.07) is 7.34. The van der Waals surface area contributed by atoms with Crippen molar-refractivity contribution in [1.29, 1.82) is 0 Å². The summed E-state index contributed by atoms with van der Waals surface area (Å²) in [5.41, 5.74) is 0.898. The van der Waals surface area contributed by atoms with E-state index in [4.69, 9.17) is 4.74 Å². The van der Waals surface area contributed by atoms with Crippen LogP contribution in [0.4, 0.5) is 4.79 Å². The van der Waals surface area contributed by atoms with E-state index in [9.17, 15) is 9.59 Å². The third-order valence-electron chi connectivity index (χ3n) is 3.29. The van der Waals surface area contributed by atoms with Crippen molar-refractivity contribution in [3.05, 3.63) is 29.8 Å². The molecule has 0 saturated heterocycles. The highest BCUT2D eigenvalue weighted by atomic mass is 16.5. The Kier molecular flexibility index (Phi) is 7.81. The average molecular weight is 307 g/mol. The van der Waals surface area contributed by atoms with E-state index in [1.54, 1.807) is 7.11 Å². The lowest BCUT2D eigenvalue weighted by Gasteiger charge is -2.12. The lowest BCUT2D eigenvalue weighted by molar-refractivity contribution is -0.121. The molecule has 0 radical (unpaired) electrons. The summed E-state index contributed by atoms with van der Waals surface area (Å²) in [7, 11) is 1.59. The number of urea groups is 1. The second kappa shape index (κ2) is 9.65. The van der Waals surface area contributed by atoms with E-state index < -0.39 is 0 Å². The number of hydrogen-bond acceptors (Lipinski definition) is 3. The third-order valence-corrected chi connectivity index (χ3v) is 3.29. The van der Waals surface area contributed by atoms with Crippen LogP contribution < -0.4 is 20.7 Å². The molecule has 0 unspecified atom stereocenters. The summed E-state index contributed by atoms with van der Waals surface area (Å²) in [5.74, 6) is 0.676. The van der Waals surface area contributed by atoms with E-state index in [2.05, 4.69) is 16.0 Å². The molecule has 0 spiro atoms. The topological polar surface area (TPSA) is 79.5 Å². The van der Waals surface area contributed by atoms with Crippen molar-refractivity contribution in [2.75, 3.05) is 13.7 Å². The summed E-state index contributed by atoms with van der Waals surface area (Å²) in [4.78, 5) is 23.2. The number of rotatable bonds is 8. The van der Waals surface area contributed by atoms with Gasteiger partial charge in [-0.3, -0.25) is 4.79 Å². The monoisotopic (exact) mass is 307 g/mol. The molecule has 122 valence electrons. The van der Waals surface area contributed by atoms with Gasteiger partial charge in [0.05, 0.1) is 7.11 Å². The number of benzene rings is 1. The second-order valence-corrected chi connectivity index (χ2v) is 5.05. The first-order valence-electron chi connectivity index (χ1n) is 7.49. The zero-order chi connectivity index (χ0) is 16.4. The molecule has 3 amide bonds. The largest absolute Gasteiger partial charge is 0.496 e. The van der Waals surface area contributed by atoms with Gasteiger partial charge in [0, 0.05) is 31.1 Å². The van der Waals surface area contributed by atoms with Gasteiger partial charge in [0.2, 0.25) is 5.91 Å². The lowest BCUT2D eigenvalue weighted by Crippen LogP contribution is -2.38. The highest BCUT2D eigenvalue weighted by molar-refractivity contribution is 5.78. The Morgan fingerprint density at radius 1 is 1.23 bits per heavy atom. The van der Waals surface area contributed by atoms with E-state index in [1.165, 1.54) is 0 Å². The first-order chi connectivity index (χ1) is 10.6. The van der Waals surface area contributed by atoms with Gasteiger partial charge < -0.3 is 20.7 Å². The van der Waals surface area contributed by atoms with Crippen LogP contribution in [-0.4, -0.2) is 31.6 Å². The van der Waals surface area contributed by atoms with Crippen molar-refractivity contribution in [2.24, 2.45) is 0 Å². The van der Waals surface area contributed by atoms with Gasteiger partial charge in [0.25, 0.3) is 0 Å². The van der Waals surface area contributed by atoms with Crippen LogP contribution in [0.15, 0.2) is 24.3 Å². The number of para-hydroxylation sites is 1. The molecule has 0 aliphatic rings. The zero-order valence-electron chi connectivity index (χ0n) is 13.4. The molecule has 0 heterocycles. The fourth-order valence-corrected chi connectivity index (χ4v) is 1.83. The van der Waals surface area contributed by atoms with Crippen LogP contribution in [0.5, 0.6) is 5.75 Å². The van der Waals surface area contributed by atoms with Crippen molar-refractivity contribution in [1.82, 2.24) is 16.0 Å². The smallest absolute Gasteiger partial charge is 0.315 e. The summed E-state index contributed by atoms with van der Waals surface area (Å²) in [6.45, 7) is 4.63. The number of carbonyl (C=O) groups excluding carboxylic acids is 2. The molecule has 3 N–H and O–H groups in total. The number of amides is 3. The Morgan fingerprint density at radius 2 is 1.95 bits per heavy atom. The molecule has 1 rings (SSSR count). The molecule has 0 aromatic heterocycles. The van der Waals surface area contributed by atoms with Gasteiger partial charge >= 0.3 is 6.03 Å². The van der Waals surface area contributed by atoms with Crippen molar-refractivity contribution >= 4 is 11.9 Å². The van der Waals surface area contributed by atoms with E-state index in [1.807, 2.05) is 38.1 Å². The van der Waals surface area contributed by atoms with E-state index in [-0.39, 0.29) is 24.4 Å². The molecule has 1 atom stereocenters. The van der Waals surface area contributed by atoms with Gasteiger partial charge in [-0.05, 0) is 19.4 Å². The van der Waals surface area contributed by atoms with Crippen LogP contribution in [-0.2, 0) is 11.3 Å². The predicted octanol–water partition coefficient (Wildman–Crippen LogP) is 1.80.